The molecule has 0 radical (unpaired) electrons. The molecule has 0 heterocycles. The quantitative estimate of drug-likeness (QED) is 0.646. The molecular formula is C20H27NO3. The Bertz CT molecular complexity index is 596. The van der Waals surface area contributed by atoms with Crippen molar-refractivity contribution < 1.29 is 14.2 Å². The second-order valence-corrected chi connectivity index (χ2v) is 5.98. The van der Waals surface area contributed by atoms with Crippen LogP contribution < -0.4 is 19.5 Å². The van der Waals surface area contributed by atoms with Crippen molar-refractivity contribution in [3.05, 3.63) is 48.5 Å². The highest BCUT2D eigenvalue weighted by Crippen LogP contribution is 2.25. The van der Waals surface area contributed by atoms with Gasteiger partial charge in [0.15, 0.2) is 11.5 Å². The van der Waals surface area contributed by atoms with E-state index in [1.165, 1.54) is 0 Å². The van der Waals surface area contributed by atoms with Crippen molar-refractivity contribution in [1.29, 1.82) is 0 Å². The topological polar surface area (TPSA) is 39.7 Å². The summed E-state index contributed by atoms with van der Waals surface area (Å²) in [6, 6.07) is 15.7. The normalized spacial score (nSPS) is 10.5. The summed E-state index contributed by atoms with van der Waals surface area (Å²) in [4.78, 5) is 0. The summed E-state index contributed by atoms with van der Waals surface area (Å²) < 4.78 is 16.7. The molecule has 0 aliphatic heterocycles. The molecule has 0 saturated carbocycles. The van der Waals surface area contributed by atoms with Crippen LogP contribution in [0.15, 0.2) is 48.5 Å². The van der Waals surface area contributed by atoms with E-state index in [9.17, 15) is 0 Å². The minimum absolute atomic E-state index is 0.563. The SMILES string of the molecule is COc1ccccc1OCCNc1ccc(OCCC(C)C)cc1. The Kier molecular flexibility index (Phi) is 7.27. The molecule has 0 aliphatic rings. The average Bonchev–Trinajstić information content (AvgIpc) is 2.60. The number of methoxy groups -OCH3 is 1. The first kappa shape index (κ1) is 18.0. The van der Waals surface area contributed by atoms with Gasteiger partial charge >= 0.3 is 0 Å². The van der Waals surface area contributed by atoms with Crippen molar-refractivity contribution in [3.63, 3.8) is 0 Å². The van der Waals surface area contributed by atoms with Crippen LogP contribution in [0.25, 0.3) is 0 Å². The van der Waals surface area contributed by atoms with Crippen molar-refractivity contribution in [3.8, 4) is 17.2 Å². The fourth-order valence-corrected chi connectivity index (χ4v) is 2.18. The molecular weight excluding hydrogens is 302 g/mol. The van der Waals surface area contributed by atoms with Gasteiger partial charge in [-0.15, -0.1) is 0 Å². The highest BCUT2D eigenvalue weighted by atomic mass is 16.5. The van der Waals surface area contributed by atoms with Crippen molar-refractivity contribution in [2.45, 2.75) is 20.3 Å². The summed E-state index contributed by atoms with van der Waals surface area (Å²) in [5.41, 5.74) is 1.05. The van der Waals surface area contributed by atoms with Crippen molar-refractivity contribution in [1.82, 2.24) is 0 Å². The standard InChI is InChI=1S/C20H27NO3/c1-16(2)12-14-23-18-10-8-17(9-11-18)21-13-15-24-20-7-5-4-6-19(20)22-3/h4-11,16,21H,12-15H2,1-3H3. The van der Waals surface area contributed by atoms with Gasteiger partial charge in [-0.1, -0.05) is 26.0 Å². The van der Waals surface area contributed by atoms with E-state index in [4.69, 9.17) is 14.2 Å². The number of hydrogen-bond donors (Lipinski definition) is 1. The van der Waals surface area contributed by atoms with Crippen LogP contribution >= 0.6 is 0 Å². The van der Waals surface area contributed by atoms with Gasteiger partial charge in [-0.2, -0.15) is 0 Å². The molecule has 130 valence electrons. The summed E-state index contributed by atoms with van der Waals surface area (Å²) in [5, 5.41) is 3.33. The van der Waals surface area contributed by atoms with Gasteiger partial charge in [0.2, 0.25) is 0 Å². The predicted octanol–water partition coefficient (Wildman–Crippen LogP) is 4.61. The minimum Gasteiger partial charge on any atom is -0.494 e. The van der Waals surface area contributed by atoms with Gasteiger partial charge in [0, 0.05) is 12.2 Å². The third-order valence-electron chi connectivity index (χ3n) is 3.58. The Hall–Kier alpha value is -2.36. The molecule has 2 aromatic rings. The van der Waals surface area contributed by atoms with Gasteiger partial charge in [-0.25, -0.2) is 0 Å². The van der Waals surface area contributed by atoms with E-state index in [1.807, 2.05) is 48.5 Å². The molecule has 0 fully saturated rings. The third kappa shape index (κ3) is 6.03. The smallest absolute Gasteiger partial charge is 0.161 e. The molecule has 0 saturated heterocycles. The molecule has 0 unspecified atom stereocenters. The van der Waals surface area contributed by atoms with Crippen molar-refractivity contribution in [2.75, 3.05) is 32.2 Å². The van der Waals surface area contributed by atoms with Gasteiger partial charge in [-0.05, 0) is 48.7 Å². The van der Waals surface area contributed by atoms with Crippen LogP contribution in [0.4, 0.5) is 5.69 Å². The maximum atomic E-state index is 5.74. The molecule has 2 rings (SSSR count). The Labute approximate surface area is 144 Å². The number of anilines is 1. The maximum Gasteiger partial charge on any atom is 0.161 e. The first-order valence-corrected chi connectivity index (χ1v) is 8.41. The molecule has 0 aromatic heterocycles. The Morgan fingerprint density at radius 2 is 1.58 bits per heavy atom. The Morgan fingerprint density at radius 1 is 0.875 bits per heavy atom. The van der Waals surface area contributed by atoms with Gasteiger partial charge in [-0.3, -0.25) is 0 Å². The van der Waals surface area contributed by atoms with Crippen LogP contribution in [0.2, 0.25) is 0 Å². The van der Waals surface area contributed by atoms with E-state index in [2.05, 4.69) is 19.2 Å². The molecule has 0 bridgehead atoms. The minimum atomic E-state index is 0.563. The van der Waals surface area contributed by atoms with Crippen LogP contribution in [-0.2, 0) is 0 Å². The Balaban J connectivity index is 1.70. The first-order chi connectivity index (χ1) is 11.7. The number of benzene rings is 2. The van der Waals surface area contributed by atoms with Crippen molar-refractivity contribution in [2.24, 2.45) is 5.92 Å². The summed E-state index contributed by atoms with van der Waals surface area (Å²) in [6.07, 6.45) is 1.07. The fraction of sp³-hybridized carbons (Fsp3) is 0.400. The fourth-order valence-electron chi connectivity index (χ4n) is 2.18. The van der Waals surface area contributed by atoms with E-state index < -0.39 is 0 Å². The van der Waals surface area contributed by atoms with Crippen LogP contribution in [0.1, 0.15) is 20.3 Å². The lowest BCUT2D eigenvalue weighted by Gasteiger charge is -2.12. The van der Waals surface area contributed by atoms with Crippen LogP contribution in [0.5, 0.6) is 17.2 Å². The van der Waals surface area contributed by atoms with E-state index in [0.29, 0.717) is 19.1 Å². The molecule has 2 aromatic carbocycles. The molecule has 0 atom stereocenters. The monoisotopic (exact) mass is 329 g/mol. The maximum absolute atomic E-state index is 5.74. The molecule has 0 aliphatic carbocycles. The molecule has 4 heteroatoms. The molecule has 4 nitrogen and oxygen atoms in total. The van der Waals surface area contributed by atoms with Gasteiger partial charge in [0.1, 0.15) is 12.4 Å². The number of hydrogen-bond acceptors (Lipinski definition) is 4. The van der Waals surface area contributed by atoms with Crippen LogP contribution in [-0.4, -0.2) is 26.9 Å². The lowest BCUT2D eigenvalue weighted by molar-refractivity contribution is 0.289. The van der Waals surface area contributed by atoms with Gasteiger partial charge in [0.25, 0.3) is 0 Å². The zero-order valence-electron chi connectivity index (χ0n) is 14.7. The van der Waals surface area contributed by atoms with Gasteiger partial charge in [0.05, 0.1) is 13.7 Å². The first-order valence-electron chi connectivity index (χ1n) is 8.41. The number of rotatable bonds is 10. The van der Waals surface area contributed by atoms with E-state index >= 15 is 0 Å². The van der Waals surface area contributed by atoms with E-state index in [-0.39, 0.29) is 0 Å². The third-order valence-corrected chi connectivity index (χ3v) is 3.58. The lowest BCUT2D eigenvalue weighted by atomic mass is 10.1. The summed E-state index contributed by atoms with van der Waals surface area (Å²) in [5.74, 6) is 3.08. The van der Waals surface area contributed by atoms with Crippen LogP contribution in [0.3, 0.4) is 0 Å². The largest absolute Gasteiger partial charge is 0.494 e. The number of nitrogens with one attached hydrogen (secondary N) is 1. The van der Waals surface area contributed by atoms with Crippen LogP contribution in [0, 0.1) is 5.92 Å². The highest BCUT2D eigenvalue weighted by molar-refractivity contribution is 5.46. The molecule has 24 heavy (non-hydrogen) atoms. The summed E-state index contributed by atoms with van der Waals surface area (Å²) in [6.45, 7) is 6.43. The second kappa shape index (κ2) is 9.71. The molecule has 1 N–H and O–H groups in total. The van der Waals surface area contributed by atoms with E-state index in [1.54, 1.807) is 7.11 Å². The Morgan fingerprint density at radius 3 is 2.25 bits per heavy atom. The zero-order chi connectivity index (χ0) is 17.2. The number of ether oxygens (including phenoxy) is 3. The summed E-state index contributed by atoms with van der Waals surface area (Å²) in [7, 11) is 1.64. The second-order valence-electron chi connectivity index (χ2n) is 5.98. The number of para-hydroxylation sites is 2. The highest BCUT2D eigenvalue weighted by Gasteiger charge is 2.02. The van der Waals surface area contributed by atoms with Crippen molar-refractivity contribution >= 4 is 5.69 Å². The average molecular weight is 329 g/mol. The molecule has 0 amide bonds. The zero-order valence-corrected chi connectivity index (χ0v) is 14.7. The van der Waals surface area contributed by atoms with Gasteiger partial charge < -0.3 is 19.5 Å². The lowest BCUT2D eigenvalue weighted by Crippen LogP contribution is -2.11. The van der Waals surface area contributed by atoms with E-state index in [0.717, 1.165) is 36.0 Å². The molecule has 0 spiro atoms. The summed E-state index contributed by atoms with van der Waals surface area (Å²) >= 11 is 0. The predicted molar refractivity (Wildman–Crippen MR) is 98.4 cm³/mol.